The lowest BCUT2D eigenvalue weighted by Gasteiger charge is -2.18. The normalized spacial score (nSPS) is 18.5. The molecule has 1 atom stereocenters. The molecule has 1 saturated carbocycles. The predicted octanol–water partition coefficient (Wildman–Crippen LogP) is 4.00. The van der Waals surface area contributed by atoms with Crippen molar-refractivity contribution >= 4 is 11.6 Å². The van der Waals surface area contributed by atoms with Gasteiger partial charge in [0.2, 0.25) is 0 Å². The fourth-order valence-electron chi connectivity index (χ4n) is 2.12. The topological polar surface area (TPSA) is 21.3 Å². The zero-order valence-corrected chi connectivity index (χ0v) is 10.6. The fraction of sp³-hybridized carbons (Fsp3) is 0.538. The minimum atomic E-state index is -0.317. The summed E-state index contributed by atoms with van der Waals surface area (Å²) in [4.78, 5) is 5.60. The molecule has 0 radical (unpaired) electrons. The first kappa shape index (κ1) is 12.8. The molecule has 0 amide bonds. The van der Waals surface area contributed by atoms with Crippen LogP contribution in [0.15, 0.2) is 18.2 Å². The summed E-state index contributed by atoms with van der Waals surface area (Å²) in [5.41, 5.74) is 3.85. The van der Waals surface area contributed by atoms with Crippen LogP contribution < -0.4 is 5.48 Å². The van der Waals surface area contributed by atoms with Crippen LogP contribution in [-0.4, -0.2) is 6.10 Å². The molecule has 1 N–H and O–H groups in total. The second kappa shape index (κ2) is 5.80. The molecule has 0 heterocycles. The van der Waals surface area contributed by atoms with E-state index in [1.165, 1.54) is 25.0 Å². The van der Waals surface area contributed by atoms with Crippen LogP contribution in [0, 0.1) is 5.82 Å². The summed E-state index contributed by atoms with van der Waals surface area (Å²) in [5, 5.41) is 0.431. The van der Waals surface area contributed by atoms with Gasteiger partial charge in [0.1, 0.15) is 5.82 Å². The van der Waals surface area contributed by atoms with Gasteiger partial charge in [-0.3, -0.25) is 4.84 Å². The maximum absolute atomic E-state index is 12.9. The van der Waals surface area contributed by atoms with Crippen LogP contribution in [0.4, 0.5) is 4.39 Å². The molecule has 94 valence electrons. The minimum absolute atomic E-state index is 0.0382. The van der Waals surface area contributed by atoms with Crippen molar-refractivity contribution in [3.63, 3.8) is 0 Å². The van der Waals surface area contributed by atoms with E-state index in [4.69, 9.17) is 16.4 Å². The largest absolute Gasteiger partial charge is 0.298 e. The van der Waals surface area contributed by atoms with E-state index in [2.05, 4.69) is 5.48 Å². The third kappa shape index (κ3) is 3.41. The van der Waals surface area contributed by atoms with Crippen LogP contribution in [0.1, 0.15) is 44.2 Å². The summed E-state index contributed by atoms with van der Waals surface area (Å²) < 4.78 is 12.9. The van der Waals surface area contributed by atoms with E-state index in [9.17, 15) is 4.39 Å². The lowest BCUT2D eigenvalue weighted by atomic mass is 10.1. The maximum Gasteiger partial charge on any atom is 0.124 e. The van der Waals surface area contributed by atoms with Crippen molar-refractivity contribution < 1.29 is 9.23 Å². The Morgan fingerprint density at radius 2 is 2.12 bits per heavy atom. The van der Waals surface area contributed by atoms with Gasteiger partial charge in [0.25, 0.3) is 0 Å². The Morgan fingerprint density at radius 3 is 2.76 bits per heavy atom. The smallest absolute Gasteiger partial charge is 0.124 e. The van der Waals surface area contributed by atoms with Crippen molar-refractivity contribution in [3.05, 3.63) is 34.6 Å². The quantitative estimate of drug-likeness (QED) is 0.823. The molecular formula is C13H17ClFNO. The van der Waals surface area contributed by atoms with Gasteiger partial charge in [0.05, 0.1) is 12.1 Å². The highest BCUT2D eigenvalue weighted by molar-refractivity contribution is 6.31. The molecule has 17 heavy (non-hydrogen) atoms. The van der Waals surface area contributed by atoms with E-state index < -0.39 is 0 Å². The van der Waals surface area contributed by atoms with Gasteiger partial charge in [-0.15, -0.1) is 0 Å². The molecule has 0 aromatic heterocycles. The van der Waals surface area contributed by atoms with Gasteiger partial charge in [-0.2, -0.15) is 5.48 Å². The molecule has 1 aromatic rings. The average Bonchev–Trinajstić information content (AvgIpc) is 2.78. The van der Waals surface area contributed by atoms with E-state index in [1.807, 2.05) is 6.92 Å². The third-order valence-corrected chi connectivity index (χ3v) is 3.47. The zero-order chi connectivity index (χ0) is 12.3. The highest BCUT2D eigenvalue weighted by Crippen LogP contribution is 2.25. The van der Waals surface area contributed by atoms with Crippen molar-refractivity contribution in [2.75, 3.05) is 0 Å². The van der Waals surface area contributed by atoms with Crippen molar-refractivity contribution in [2.24, 2.45) is 0 Å². The molecule has 4 heteroatoms. The minimum Gasteiger partial charge on any atom is -0.298 e. The monoisotopic (exact) mass is 257 g/mol. The Hall–Kier alpha value is -0.640. The highest BCUT2D eigenvalue weighted by atomic mass is 35.5. The molecule has 1 aliphatic rings. The second-order valence-corrected chi connectivity index (χ2v) is 4.94. The standard InChI is InChI=1S/C13H17ClFNO/c1-9(16-17-11-4-2-3-5-11)12-7-6-10(15)8-13(12)14/h6-9,11,16H,2-5H2,1H3. The van der Waals surface area contributed by atoms with Crippen LogP contribution in [0.3, 0.4) is 0 Å². The summed E-state index contributed by atoms with van der Waals surface area (Å²) in [6, 6.07) is 4.39. The number of rotatable bonds is 4. The highest BCUT2D eigenvalue weighted by Gasteiger charge is 2.17. The summed E-state index contributed by atoms with van der Waals surface area (Å²) >= 11 is 5.98. The molecule has 1 aliphatic carbocycles. The number of hydroxylamine groups is 1. The number of nitrogens with one attached hydrogen (secondary N) is 1. The summed E-state index contributed by atoms with van der Waals surface area (Å²) in [6.45, 7) is 1.95. The Labute approximate surface area is 106 Å². The molecule has 0 aliphatic heterocycles. The molecular weight excluding hydrogens is 241 g/mol. The predicted molar refractivity (Wildman–Crippen MR) is 66.3 cm³/mol. The van der Waals surface area contributed by atoms with Crippen LogP contribution >= 0.6 is 11.6 Å². The van der Waals surface area contributed by atoms with Gasteiger partial charge in [-0.25, -0.2) is 4.39 Å². The lowest BCUT2D eigenvalue weighted by molar-refractivity contribution is -0.0376. The van der Waals surface area contributed by atoms with Gasteiger partial charge in [-0.05, 0) is 37.5 Å². The van der Waals surface area contributed by atoms with E-state index >= 15 is 0 Å². The van der Waals surface area contributed by atoms with Gasteiger partial charge in [0.15, 0.2) is 0 Å². The zero-order valence-electron chi connectivity index (χ0n) is 9.88. The van der Waals surface area contributed by atoms with Crippen LogP contribution in [-0.2, 0) is 4.84 Å². The van der Waals surface area contributed by atoms with Crippen LogP contribution in [0.25, 0.3) is 0 Å². The summed E-state index contributed by atoms with van der Waals surface area (Å²) in [7, 11) is 0. The molecule has 2 nitrogen and oxygen atoms in total. The van der Waals surface area contributed by atoms with Crippen molar-refractivity contribution in [2.45, 2.75) is 44.8 Å². The summed E-state index contributed by atoms with van der Waals surface area (Å²) in [5.74, 6) is -0.317. The molecule has 1 fully saturated rings. The Kier molecular flexibility index (Phi) is 4.37. The van der Waals surface area contributed by atoms with Crippen molar-refractivity contribution in [1.29, 1.82) is 0 Å². The van der Waals surface area contributed by atoms with Gasteiger partial charge in [-0.1, -0.05) is 30.5 Å². The molecule has 0 saturated heterocycles. The first-order valence-electron chi connectivity index (χ1n) is 6.03. The molecule has 1 aromatic carbocycles. The van der Waals surface area contributed by atoms with Gasteiger partial charge >= 0.3 is 0 Å². The first-order valence-corrected chi connectivity index (χ1v) is 6.40. The molecule has 1 unspecified atom stereocenters. The maximum atomic E-state index is 12.9. The number of hydrogen-bond acceptors (Lipinski definition) is 2. The average molecular weight is 258 g/mol. The number of benzene rings is 1. The Bertz CT molecular complexity index is 380. The summed E-state index contributed by atoms with van der Waals surface area (Å²) in [6.07, 6.45) is 4.99. The molecule has 0 spiro atoms. The van der Waals surface area contributed by atoms with Crippen LogP contribution in [0.2, 0.25) is 5.02 Å². The van der Waals surface area contributed by atoms with Crippen molar-refractivity contribution in [3.8, 4) is 0 Å². The van der Waals surface area contributed by atoms with Gasteiger partial charge in [0, 0.05) is 5.02 Å². The fourth-order valence-corrected chi connectivity index (χ4v) is 2.45. The second-order valence-electron chi connectivity index (χ2n) is 4.53. The Balaban J connectivity index is 1.91. The van der Waals surface area contributed by atoms with E-state index in [1.54, 1.807) is 6.07 Å². The molecule has 2 rings (SSSR count). The van der Waals surface area contributed by atoms with Gasteiger partial charge < -0.3 is 0 Å². The van der Waals surface area contributed by atoms with Crippen LogP contribution in [0.5, 0.6) is 0 Å². The lowest BCUT2D eigenvalue weighted by Crippen LogP contribution is -2.25. The van der Waals surface area contributed by atoms with E-state index in [0.29, 0.717) is 11.1 Å². The number of hydrogen-bond donors (Lipinski definition) is 1. The Morgan fingerprint density at radius 1 is 1.41 bits per heavy atom. The first-order chi connectivity index (χ1) is 8.16. The molecule has 0 bridgehead atoms. The van der Waals surface area contributed by atoms with E-state index in [-0.39, 0.29) is 11.9 Å². The number of halogens is 2. The van der Waals surface area contributed by atoms with Crippen molar-refractivity contribution in [1.82, 2.24) is 5.48 Å². The SMILES string of the molecule is CC(NOC1CCCC1)c1ccc(F)cc1Cl. The van der Waals surface area contributed by atoms with E-state index in [0.717, 1.165) is 18.4 Å². The third-order valence-electron chi connectivity index (χ3n) is 3.14.